The van der Waals surface area contributed by atoms with Crippen LogP contribution in [-0.4, -0.2) is 43.2 Å². The van der Waals surface area contributed by atoms with Crippen LogP contribution in [0.15, 0.2) is 24.3 Å². The van der Waals surface area contributed by atoms with Gasteiger partial charge in [0.15, 0.2) is 0 Å². The third kappa shape index (κ3) is 6.39. The van der Waals surface area contributed by atoms with E-state index >= 15 is 0 Å². The zero-order valence-corrected chi connectivity index (χ0v) is 13.6. The Balaban J connectivity index is 1.69. The fraction of sp³-hybridized carbons (Fsp3) is 0.588. The van der Waals surface area contributed by atoms with Crippen LogP contribution in [0.3, 0.4) is 0 Å². The van der Waals surface area contributed by atoms with E-state index in [0.717, 1.165) is 26.1 Å². The molecule has 0 unspecified atom stereocenters. The van der Waals surface area contributed by atoms with Crippen LogP contribution in [0.1, 0.15) is 32.1 Å². The summed E-state index contributed by atoms with van der Waals surface area (Å²) in [5, 5.41) is 1.80. The van der Waals surface area contributed by atoms with E-state index in [1.54, 1.807) is 17.4 Å². The standard InChI is InChI=1S/C17H23F3N2O2/c18-17(19,20)16(23)21-14-6-8-15(9-7-14)24-13-5-12-22-10-3-1-2-4-11-22/h6-9H,1-5,10-13H2,(H,21,23). The molecule has 0 bridgehead atoms. The largest absolute Gasteiger partial charge is 0.494 e. The molecule has 0 aliphatic carbocycles. The van der Waals surface area contributed by atoms with Crippen molar-refractivity contribution in [1.29, 1.82) is 0 Å². The van der Waals surface area contributed by atoms with Crippen LogP contribution >= 0.6 is 0 Å². The maximum Gasteiger partial charge on any atom is 0.471 e. The third-order valence-corrected chi connectivity index (χ3v) is 3.96. The van der Waals surface area contributed by atoms with Gasteiger partial charge in [-0.2, -0.15) is 13.2 Å². The number of carbonyl (C=O) groups excluding carboxylic acids is 1. The minimum absolute atomic E-state index is 0.0919. The van der Waals surface area contributed by atoms with Crippen LogP contribution in [0.2, 0.25) is 0 Å². The number of nitrogens with one attached hydrogen (secondary N) is 1. The molecule has 0 aromatic heterocycles. The summed E-state index contributed by atoms with van der Waals surface area (Å²) in [5.74, 6) is -1.40. The predicted octanol–water partition coefficient (Wildman–Crippen LogP) is 3.83. The Hall–Kier alpha value is -1.76. The van der Waals surface area contributed by atoms with E-state index in [4.69, 9.17) is 4.74 Å². The summed E-state index contributed by atoms with van der Waals surface area (Å²) in [6.07, 6.45) is 1.15. The van der Waals surface area contributed by atoms with Gasteiger partial charge in [-0.15, -0.1) is 0 Å². The molecule has 1 heterocycles. The first kappa shape index (κ1) is 18.6. The lowest BCUT2D eigenvalue weighted by atomic mass is 10.2. The van der Waals surface area contributed by atoms with E-state index in [2.05, 4.69) is 4.90 Å². The molecule has 2 rings (SSSR count). The fourth-order valence-corrected chi connectivity index (χ4v) is 2.67. The second-order valence-corrected chi connectivity index (χ2v) is 5.93. The molecule has 1 N–H and O–H groups in total. The van der Waals surface area contributed by atoms with Crippen molar-refractivity contribution in [3.63, 3.8) is 0 Å². The monoisotopic (exact) mass is 344 g/mol. The second kappa shape index (κ2) is 8.92. The van der Waals surface area contributed by atoms with E-state index in [1.165, 1.54) is 37.8 Å². The minimum atomic E-state index is -4.89. The van der Waals surface area contributed by atoms with Crippen LogP contribution in [0, 0.1) is 0 Å². The Labute approximate surface area is 140 Å². The van der Waals surface area contributed by atoms with Crippen molar-refractivity contribution in [3.05, 3.63) is 24.3 Å². The number of halogens is 3. The Morgan fingerprint density at radius 1 is 1.08 bits per heavy atom. The van der Waals surface area contributed by atoms with Gasteiger partial charge in [0.1, 0.15) is 5.75 Å². The maximum atomic E-state index is 12.2. The first-order valence-corrected chi connectivity index (χ1v) is 8.28. The number of anilines is 1. The van der Waals surface area contributed by atoms with Gasteiger partial charge >= 0.3 is 12.1 Å². The molecule has 4 nitrogen and oxygen atoms in total. The number of hydrogen-bond donors (Lipinski definition) is 1. The van der Waals surface area contributed by atoms with Crippen LogP contribution in [0.5, 0.6) is 5.75 Å². The van der Waals surface area contributed by atoms with E-state index in [0.29, 0.717) is 12.4 Å². The highest BCUT2D eigenvalue weighted by Gasteiger charge is 2.38. The Kier molecular flexibility index (Phi) is 6.90. The predicted molar refractivity (Wildman–Crippen MR) is 86.1 cm³/mol. The molecule has 24 heavy (non-hydrogen) atoms. The molecule has 1 aliphatic heterocycles. The lowest BCUT2D eigenvalue weighted by molar-refractivity contribution is -0.167. The first-order chi connectivity index (χ1) is 11.4. The highest BCUT2D eigenvalue weighted by Crippen LogP contribution is 2.20. The summed E-state index contributed by atoms with van der Waals surface area (Å²) in [7, 11) is 0. The van der Waals surface area contributed by atoms with Gasteiger partial charge in [0.25, 0.3) is 0 Å². The maximum absolute atomic E-state index is 12.2. The molecule has 1 saturated heterocycles. The number of amides is 1. The van der Waals surface area contributed by atoms with E-state index in [-0.39, 0.29) is 5.69 Å². The number of rotatable bonds is 6. The molecule has 0 radical (unpaired) electrons. The summed E-state index contributed by atoms with van der Waals surface area (Å²) in [6.45, 7) is 3.85. The van der Waals surface area contributed by atoms with Gasteiger partial charge in [0, 0.05) is 12.2 Å². The zero-order chi connectivity index (χ0) is 17.4. The number of benzene rings is 1. The van der Waals surface area contributed by atoms with Crippen molar-refractivity contribution < 1.29 is 22.7 Å². The smallest absolute Gasteiger partial charge is 0.471 e. The molecule has 1 fully saturated rings. The van der Waals surface area contributed by atoms with Gasteiger partial charge in [-0.25, -0.2) is 0 Å². The Morgan fingerprint density at radius 3 is 2.29 bits per heavy atom. The SMILES string of the molecule is O=C(Nc1ccc(OCCCN2CCCCCC2)cc1)C(F)(F)F. The third-order valence-electron chi connectivity index (χ3n) is 3.96. The van der Waals surface area contributed by atoms with Crippen LogP contribution in [0.25, 0.3) is 0 Å². The van der Waals surface area contributed by atoms with Gasteiger partial charge in [0.05, 0.1) is 6.61 Å². The lowest BCUT2D eigenvalue weighted by Gasteiger charge is -2.19. The van der Waals surface area contributed by atoms with Crippen molar-refractivity contribution in [3.8, 4) is 5.75 Å². The summed E-state index contributed by atoms with van der Waals surface area (Å²) in [6, 6.07) is 5.90. The van der Waals surface area contributed by atoms with Crippen molar-refractivity contribution in [2.24, 2.45) is 0 Å². The number of alkyl halides is 3. The van der Waals surface area contributed by atoms with Crippen molar-refractivity contribution in [2.45, 2.75) is 38.3 Å². The molecular weight excluding hydrogens is 321 g/mol. The molecule has 1 aromatic carbocycles. The Morgan fingerprint density at radius 2 is 1.71 bits per heavy atom. The summed E-state index contributed by atoms with van der Waals surface area (Å²) < 4.78 is 42.1. The van der Waals surface area contributed by atoms with Gasteiger partial charge in [-0.3, -0.25) is 4.79 Å². The highest BCUT2D eigenvalue weighted by atomic mass is 19.4. The number of ether oxygens (including phenoxy) is 1. The first-order valence-electron chi connectivity index (χ1n) is 8.28. The number of likely N-dealkylation sites (tertiary alicyclic amines) is 1. The van der Waals surface area contributed by atoms with Crippen molar-refractivity contribution >= 4 is 11.6 Å². The molecule has 134 valence electrons. The van der Waals surface area contributed by atoms with Crippen LogP contribution in [-0.2, 0) is 4.79 Å². The quantitative estimate of drug-likeness (QED) is 0.798. The molecule has 0 spiro atoms. The van der Waals surface area contributed by atoms with E-state index < -0.39 is 12.1 Å². The van der Waals surface area contributed by atoms with Gasteiger partial charge < -0.3 is 15.0 Å². The number of nitrogens with zero attached hydrogens (tertiary/aromatic N) is 1. The molecule has 1 amide bonds. The summed E-state index contributed by atoms with van der Waals surface area (Å²) >= 11 is 0. The highest BCUT2D eigenvalue weighted by molar-refractivity contribution is 5.94. The van der Waals surface area contributed by atoms with Crippen molar-refractivity contribution in [2.75, 3.05) is 31.6 Å². The van der Waals surface area contributed by atoms with Crippen LogP contribution < -0.4 is 10.1 Å². The number of hydrogen-bond acceptors (Lipinski definition) is 3. The van der Waals surface area contributed by atoms with Crippen molar-refractivity contribution in [1.82, 2.24) is 4.90 Å². The van der Waals surface area contributed by atoms with Gasteiger partial charge in [-0.05, 0) is 56.6 Å². The normalized spacial score (nSPS) is 16.5. The molecular formula is C17H23F3N2O2. The van der Waals surface area contributed by atoms with Crippen LogP contribution in [0.4, 0.5) is 18.9 Å². The topological polar surface area (TPSA) is 41.6 Å². The average molecular weight is 344 g/mol. The van der Waals surface area contributed by atoms with Gasteiger partial charge in [0.2, 0.25) is 0 Å². The second-order valence-electron chi connectivity index (χ2n) is 5.93. The van der Waals surface area contributed by atoms with Gasteiger partial charge in [-0.1, -0.05) is 12.8 Å². The molecule has 7 heteroatoms. The summed E-state index contributed by atoms with van der Waals surface area (Å²) in [4.78, 5) is 13.3. The lowest BCUT2D eigenvalue weighted by Crippen LogP contribution is -2.29. The molecule has 1 aromatic rings. The molecule has 0 saturated carbocycles. The Bertz CT molecular complexity index is 510. The fourth-order valence-electron chi connectivity index (χ4n) is 2.67. The zero-order valence-electron chi connectivity index (χ0n) is 13.6. The molecule has 1 aliphatic rings. The summed E-state index contributed by atoms with van der Waals surface area (Å²) in [5.41, 5.74) is 0.0919. The number of carbonyl (C=O) groups is 1. The average Bonchev–Trinajstić information content (AvgIpc) is 2.81. The van der Waals surface area contributed by atoms with E-state index in [9.17, 15) is 18.0 Å². The van der Waals surface area contributed by atoms with E-state index in [1.807, 2.05) is 0 Å². The molecule has 0 atom stereocenters. The minimum Gasteiger partial charge on any atom is -0.494 e.